The Morgan fingerprint density at radius 2 is 0.762 bits per heavy atom. The van der Waals surface area contributed by atoms with Crippen LogP contribution in [0.15, 0.2) is 42.5 Å². The summed E-state index contributed by atoms with van der Waals surface area (Å²) in [7, 11) is 10.2. The lowest BCUT2D eigenvalue weighted by molar-refractivity contribution is 0.118. The molecule has 0 aliphatic rings. The molecule has 238 valence electrons. The molecule has 0 aliphatic heterocycles. The topological polar surface area (TPSA) is 0 Å². The second-order valence-corrected chi connectivity index (χ2v) is 21.8. The summed E-state index contributed by atoms with van der Waals surface area (Å²) in [5.74, 6) is 0. The fourth-order valence-electron chi connectivity index (χ4n) is 8.28. The van der Waals surface area contributed by atoms with Gasteiger partial charge in [0.1, 0.15) is 0 Å². The van der Waals surface area contributed by atoms with Crippen molar-refractivity contribution in [2.75, 3.05) is 0 Å². The van der Waals surface area contributed by atoms with Crippen molar-refractivity contribution in [2.45, 2.75) is 140 Å². The van der Waals surface area contributed by atoms with E-state index in [1.165, 1.54) is 27.8 Å². The molecule has 2 rings (SSSR count). The summed E-state index contributed by atoms with van der Waals surface area (Å²) in [5.41, 5.74) is 6.99. The lowest BCUT2D eigenvalue weighted by atomic mass is 9.55. The molecule has 0 amide bonds. The third-order valence-electron chi connectivity index (χ3n) is 10.6. The molecule has 3 atom stereocenters. The van der Waals surface area contributed by atoms with Crippen molar-refractivity contribution in [3.05, 3.63) is 59.2 Å². The first-order chi connectivity index (χ1) is 18.3. The first kappa shape index (κ1) is 37.9. The zero-order valence-electron chi connectivity index (χ0n) is 30.8. The van der Waals surface area contributed by atoms with Crippen LogP contribution in [0.1, 0.15) is 141 Å². The molecule has 2 aromatic rings. The molecule has 0 heterocycles. The summed E-state index contributed by atoms with van der Waals surface area (Å²) < 4.78 is 0. The molecular weight excluding hydrogens is 561 g/mol. The molecule has 2 aromatic carbocycles. The van der Waals surface area contributed by atoms with Gasteiger partial charge in [-0.1, -0.05) is 167 Å². The third-order valence-corrected chi connectivity index (χ3v) is 16.7. The molecule has 3 heteroatoms. The van der Waals surface area contributed by atoms with Crippen molar-refractivity contribution in [1.29, 1.82) is 0 Å². The van der Waals surface area contributed by atoms with E-state index in [1.807, 2.05) is 0 Å². The average molecular weight is 629 g/mol. The van der Waals surface area contributed by atoms with E-state index in [2.05, 4.69) is 195 Å². The van der Waals surface area contributed by atoms with Crippen molar-refractivity contribution < 1.29 is 0 Å². The van der Waals surface area contributed by atoms with E-state index in [4.69, 9.17) is 0 Å². The molecule has 0 bridgehead atoms. The maximum atomic E-state index is 3.44. The van der Waals surface area contributed by atoms with Gasteiger partial charge in [0.2, 0.25) is 0 Å². The molecule has 0 saturated heterocycles. The van der Waals surface area contributed by atoms with E-state index < -0.39 is 0 Å². The van der Waals surface area contributed by atoms with Crippen LogP contribution < -0.4 is 0 Å². The van der Waals surface area contributed by atoms with Gasteiger partial charge < -0.3 is 0 Å². The number of rotatable bonds is 4. The second kappa shape index (κ2) is 11.2. The van der Waals surface area contributed by atoms with Crippen LogP contribution in [-0.2, 0) is 15.5 Å². The largest absolute Gasteiger partial charge is 0.125 e. The molecule has 0 nitrogen and oxygen atoms in total. The zero-order valence-corrected chi connectivity index (χ0v) is 34.2. The highest BCUT2D eigenvalue weighted by Gasteiger charge is 2.56. The monoisotopic (exact) mass is 628 g/mol. The highest BCUT2D eigenvalue weighted by molar-refractivity contribution is 7.19. The Hall–Kier alpha value is -0.270. The molecule has 0 radical (unpaired) electrons. The van der Waals surface area contributed by atoms with E-state index in [0.29, 0.717) is 0 Å². The summed E-state index contributed by atoms with van der Waals surface area (Å²) in [6.45, 7) is 43.3. The second-order valence-electron chi connectivity index (χ2n) is 19.2. The molecule has 0 N–H and O–H groups in total. The summed E-state index contributed by atoms with van der Waals surface area (Å²) in [6, 6.07) is 16.6. The number of hydrogen-bond donors (Lipinski definition) is 0. The fourth-order valence-corrected chi connectivity index (χ4v) is 9.01. The van der Waals surface area contributed by atoms with Crippen LogP contribution in [0.5, 0.6) is 0 Å². The molecule has 0 aromatic heterocycles. The number of hydrogen-bond acceptors (Lipinski definition) is 0. The highest BCUT2D eigenvalue weighted by atomic mass is 31.0. The third kappa shape index (κ3) is 5.99. The van der Waals surface area contributed by atoms with Crippen LogP contribution in [0.3, 0.4) is 0 Å². The van der Waals surface area contributed by atoms with Gasteiger partial charge in [-0.15, -0.1) is 27.7 Å². The Morgan fingerprint density at radius 3 is 1.12 bits per heavy atom. The molecule has 0 fully saturated rings. The molecule has 42 heavy (non-hydrogen) atoms. The maximum Gasteiger partial charge on any atom is 0.0203 e. The van der Waals surface area contributed by atoms with Crippen LogP contribution in [0.25, 0.3) is 11.1 Å². The van der Waals surface area contributed by atoms with Gasteiger partial charge >= 0.3 is 0 Å². The smallest absolute Gasteiger partial charge is 0.0203 e. The minimum absolute atomic E-state index is 0.000164. The van der Waals surface area contributed by atoms with Gasteiger partial charge in [-0.2, -0.15) is 0 Å². The minimum atomic E-state index is -0.216. The molecule has 0 spiro atoms. The summed E-state index contributed by atoms with van der Waals surface area (Å²) in [4.78, 5) is 0. The lowest BCUT2D eigenvalue weighted by Gasteiger charge is -2.58. The predicted molar refractivity (Wildman–Crippen MR) is 203 cm³/mol. The van der Waals surface area contributed by atoms with Crippen molar-refractivity contribution in [3.8, 4) is 11.1 Å². The van der Waals surface area contributed by atoms with Crippen molar-refractivity contribution >= 4 is 27.7 Å². The van der Waals surface area contributed by atoms with Gasteiger partial charge in [-0.05, 0) is 60.3 Å². The van der Waals surface area contributed by atoms with E-state index >= 15 is 0 Å². The normalized spacial score (nSPS) is 15.3. The summed E-state index contributed by atoms with van der Waals surface area (Å²) >= 11 is 0. The van der Waals surface area contributed by atoms with E-state index in [9.17, 15) is 0 Å². The first-order valence-electron chi connectivity index (χ1n) is 15.9. The average Bonchev–Trinajstić information content (AvgIpc) is 2.77. The Bertz CT molecular complexity index is 1210. The van der Waals surface area contributed by atoms with E-state index in [0.717, 1.165) is 0 Å². The lowest BCUT2D eigenvalue weighted by Crippen LogP contribution is -2.51. The van der Waals surface area contributed by atoms with Crippen LogP contribution >= 0.6 is 27.7 Å². The molecule has 0 aliphatic carbocycles. The van der Waals surface area contributed by atoms with Crippen LogP contribution in [-0.4, -0.2) is 0 Å². The van der Waals surface area contributed by atoms with Crippen LogP contribution in [0.2, 0.25) is 0 Å². The van der Waals surface area contributed by atoms with Crippen LogP contribution in [0.4, 0.5) is 0 Å². The van der Waals surface area contributed by atoms with Gasteiger partial charge in [0, 0.05) is 15.5 Å². The molecule has 3 unspecified atom stereocenters. The minimum Gasteiger partial charge on any atom is -0.125 e. The maximum absolute atomic E-state index is 3.44. The Balaban J connectivity index is 3.30. The summed E-state index contributed by atoms with van der Waals surface area (Å²) in [5, 5.41) is -0.504. The Kier molecular flexibility index (Phi) is 10.1. The van der Waals surface area contributed by atoms with Gasteiger partial charge in [-0.3, -0.25) is 0 Å². The quantitative estimate of drug-likeness (QED) is 0.296. The van der Waals surface area contributed by atoms with Crippen LogP contribution in [0, 0.1) is 32.5 Å². The predicted octanol–water partition coefficient (Wildman–Crippen LogP) is 12.8. The van der Waals surface area contributed by atoms with Crippen molar-refractivity contribution in [1.82, 2.24) is 0 Å². The zero-order chi connectivity index (χ0) is 33.3. The standard InChI is InChI=1S/C39H67P3/c1-31(2,3)37(40,32(4,5)6)27-22-19-21-26(25-27)28-23-20-24-29(38(41,33(7,8)9)34(10,11)12)30(28)39(42,35(13,14)15)36(16,17)18/h19-25H,40-42H2,1-18H3. The van der Waals surface area contributed by atoms with Gasteiger partial charge in [0.25, 0.3) is 0 Å². The van der Waals surface area contributed by atoms with Crippen molar-refractivity contribution in [2.24, 2.45) is 32.5 Å². The fraction of sp³-hybridized carbons (Fsp3) is 0.692. The molecular formula is C39H67P3. The summed E-state index contributed by atoms with van der Waals surface area (Å²) in [6.07, 6.45) is 0. The highest BCUT2D eigenvalue weighted by Crippen LogP contribution is 2.66. The van der Waals surface area contributed by atoms with Gasteiger partial charge in [0.05, 0.1) is 0 Å². The molecule has 0 saturated carbocycles. The Morgan fingerprint density at radius 1 is 0.405 bits per heavy atom. The Labute approximate surface area is 269 Å². The first-order valence-corrected chi connectivity index (χ1v) is 17.7. The SMILES string of the molecule is CC(C)(C)C(P)(c1cccc(-c2cccc(C(P)(C(C)(C)C)C(C)(C)C)c2C(P)(C(C)(C)C)C(C)(C)C)c1)C(C)(C)C. The number of benzene rings is 2. The van der Waals surface area contributed by atoms with E-state index in [-0.39, 0.29) is 48.0 Å². The van der Waals surface area contributed by atoms with Crippen molar-refractivity contribution in [3.63, 3.8) is 0 Å². The van der Waals surface area contributed by atoms with Gasteiger partial charge in [-0.25, -0.2) is 0 Å². The van der Waals surface area contributed by atoms with Gasteiger partial charge in [0.15, 0.2) is 0 Å². The van der Waals surface area contributed by atoms with E-state index in [1.54, 1.807) is 0 Å².